The van der Waals surface area contributed by atoms with Crippen LogP contribution < -0.4 is 5.32 Å². The van der Waals surface area contributed by atoms with Crippen LogP contribution in [0.3, 0.4) is 0 Å². The third-order valence-corrected chi connectivity index (χ3v) is 6.77. The van der Waals surface area contributed by atoms with Crippen molar-refractivity contribution in [2.24, 2.45) is 4.99 Å². The van der Waals surface area contributed by atoms with Gasteiger partial charge in [0.25, 0.3) is 5.91 Å². The number of rotatable bonds is 3. The van der Waals surface area contributed by atoms with Gasteiger partial charge < -0.3 is 9.73 Å². The number of halogens is 3. The van der Waals surface area contributed by atoms with E-state index in [1.165, 1.54) is 11.8 Å². The van der Waals surface area contributed by atoms with Gasteiger partial charge in [0.1, 0.15) is 11.5 Å². The van der Waals surface area contributed by atoms with Crippen LogP contribution in [0.2, 0.25) is 10.0 Å². The van der Waals surface area contributed by atoms with E-state index >= 15 is 0 Å². The lowest BCUT2D eigenvalue weighted by molar-refractivity contribution is -0.115. The Balaban J connectivity index is 1.57. The standard InChI is InChI=1S/C21H13BrCl2N2O2S/c1-11-15(23)3-2-4-17(11)25-21-26-20(27)19(29-21)10-13-6-8-18(28-13)12-5-7-14(22)16(24)9-12/h2-10H,1H3,(H,25,26,27)/b19-10+. The maximum atomic E-state index is 12.3. The first kappa shape index (κ1) is 20.3. The molecule has 2 heterocycles. The number of nitrogens with one attached hydrogen (secondary N) is 1. The highest BCUT2D eigenvalue weighted by Gasteiger charge is 2.24. The van der Waals surface area contributed by atoms with E-state index in [2.05, 4.69) is 26.2 Å². The number of thioether (sulfide) groups is 1. The van der Waals surface area contributed by atoms with Gasteiger partial charge in [-0.3, -0.25) is 4.79 Å². The monoisotopic (exact) mass is 506 g/mol. The first-order valence-electron chi connectivity index (χ1n) is 8.50. The van der Waals surface area contributed by atoms with Gasteiger partial charge in [-0.05, 0) is 76.6 Å². The Morgan fingerprint density at radius 1 is 1.14 bits per heavy atom. The molecule has 29 heavy (non-hydrogen) atoms. The number of carbonyl (C=O) groups excluding carboxylic acids is 1. The zero-order valence-electron chi connectivity index (χ0n) is 15.0. The fourth-order valence-corrected chi connectivity index (χ4v) is 4.08. The van der Waals surface area contributed by atoms with Crippen molar-refractivity contribution in [2.45, 2.75) is 6.92 Å². The highest BCUT2D eigenvalue weighted by Crippen LogP contribution is 2.33. The molecule has 4 nitrogen and oxygen atoms in total. The molecule has 2 aromatic carbocycles. The van der Waals surface area contributed by atoms with Crippen LogP contribution in [-0.4, -0.2) is 11.1 Å². The molecule has 0 aliphatic carbocycles. The van der Waals surface area contributed by atoms with E-state index in [4.69, 9.17) is 27.6 Å². The second kappa shape index (κ2) is 8.40. The van der Waals surface area contributed by atoms with E-state index in [-0.39, 0.29) is 5.91 Å². The molecule has 1 aliphatic heterocycles. The molecular formula is C21H13BrCl2N2O2S. The minimum atomic E-state index is -0.224. The number of carbonyl (C=O) groups is 1. The van der Waals surface area contributed by atoms with Crippen molar-refractivity contribution in [3.8, 4) is 11.3 Å². The fourth-order valence-electron chi connectivity index (χ4n) is 2.67. The average Bonchev–Trinajstić information content (AvgIpc) is 3.28. The summed E-state index contributed by atoms with van der Waals surface area (Å²) in [6, 6.07) is 14.7. The number of furan rings is 1. The lowest BCUT2D eigenvalue weighted by atomic mass is 10.2. The minimum Gasteiger partial charge on any atom is -0.457 e. The molecule has 0 unspecified atom stereocenters. The molecule has 0 radical (unpaired) electrons. The molecule has 1 fully saturated rings. The molecule has 1 aliphatic rings. The van der Waals surface area contributed by atoms with E-state index in [0.29, 0.717) is 37.3 Å². The molecule has 0 atom stereocenters. The predicted octanol–water partition coefficient (Wildman–Crippen LogP) is 7.22. The van der Waals surface area contributed by atoms with Gasteiger partial charge >= 0.3 is 0 Å². The molecular weight excluding hydrogens is 495 g/mol. The van der Waals surface area contributed by atoms with Crippen molar-refractivity contribution >= 4 is 73.7 Å². The largest absolute Gasteiger partial charge is 0.457 e. The predicted molar refractivity (Wildman–Crippen MR) is 124 cm³/mol. The molecule has 8 heteroatoms. The third-order valence-electron chi connectivity index (χ3n) is 4.22. The summed E-state index contributed by atoms with van der Waals surface area (Å²) in [6.07, 6.45) is 1.69. The lowest BCUT2D eigenvalue weighted by Gasteiger charge is -2.02. The average molecular weight is 508 g/mol. The molecule has 1 saturated heterocycles. The fraction of sp³-hybridized carbons (Fsp3) is 0.0476. The first-order valence-corrected chi connectivity index (χ1v) is 10.9. The lowest BCUT2D eigenvalue weighted by Crippen LogP contribution is -2.19. The summed E-state index contributed by atoms with van der Waals surface area (Å²) in [5.74, 6) is 1.01. The van der Waals surface area contributed by atoms with Crippen molar-refractivity contribution in [3.05, 3.63) is 79.3 Å². The van der Waals surface area contributed by atoms with Gasteiger partial charge in [0.2, 0.25) is 0 Å². The molecule has 1 N–H and O–H groups in total. The summed E-state index contributed by atoms with van der Waals surface area (Å²) >= 11 is 16.9. The molecule has 1 aromatic heterocycles. The smallest absolute Gasteiger partial charge is 0.264 e. The van der Waals surface area contributed by atoms with E-state index in [9.17, 15) is 4.79 Å². The highest BCUT2D eigenvalue weighted by molar-refractivity contribution is 9.10. The summed E-state index contributed by atoms with van der Waals surface area (Å²) in [5.41, 5.74) is 2.43. The number of aliphatic imine (C=N–C) groups is 1. The molecule has 0 spiro atoms. The Kier molecular flexibility index (Phi) is 5.88. The molecule has 4 rings (SSSR count). The Morgan fingerprint density at radius 2 is 1.97 bits per heavy atom. The van der Waals surface area contributed by atoms with Crippen molar-refractivity contribution in [1.29, 1.82) is 0 Å². The van der Waals surface area contributed by atoms with Gasteiger partial charge in [0, 0.05) is 21.1 Å². The van der Waals surface area contributed by atoms with E-state index < -0.39 is 0 Å². The molecule has 1 amide bonds. The van der Waals surface area contributed by atoms with Gasteiger partial charge in [-0.25, -0.2) is 4.99 Å². The molecule has 0 saturated carbocycles. The van der Waals surface area contributed by atoms with Crippen molar-refractivity contribution in [3.63, 3.8) is 0 Å². The van der Waals surface area contributed by atoms with Crippen molar-refractivity contribution in [2.75, 3.05) is 0 Å². The van der Waals surface area contributed by atoms with Crippen LogP contribution in [0.25, 0.3) is 17.4 Å². The quantitative estimate of drug-likeness (QED) is 0.381. The summed E-state index contributed by atoms with van der Waals surface area (Å²) in [6.45, 7) is 1.89. The van der Waals surface area contributed by atoms with Crippen LogP contribution in [0.4, 0.5) is 5.69 Å². The minimum absolute atomic E-state index is 0.224. The maximum Gasteiger partial charge on any atom is 0.264 e. The zero-order valence-corrected chi connectivity index (χ0v) is 18.9. The first-order chi connectivity index (χ1) is 13.9. The van der Waals surface area contributed by atoms with E-state index in [1.54, 1.807) is 12.1 Å². The summed E-state index contributed by atoms with van der Waals surface area (Å²) in [5, 5.41) is 4.50. The second-order valence-corrected chi connectivity index (χ2v) is 8.90. The Hall–Kier alpha value is -1.99. The number of benzene rings is 2. The Labute approximate surface area is 190 Å². The van der Waals surface area contributed by atoms with Crippen molar-refractivity contribution in [1.82, 2.24) is 5.32 Å². The van der Waals surface area contributed by atoms with Crippen LogP contribution in [0, 0.1) is 6.92 Å². The van der Waals surface area contributed by atoms with E-state index in [1.807, 2.05) is 49.4 Å². The summed E-state index contributed by atoms with van der Waals surface area (Å²) < 4.78 is 6.68. The summed E-state index contributed by atoms with van der Waals surface area (Å²) in [4.78, 5) is 17.3. The summed E-state index contributed by atoms with van der Waals surface area (Å²) in [7, 11) is 0. The Morgan fingerprint density at radius 3 is 2.76 bits per heavy atom. The molecule has 0 bridgehead atoms. The number of amidine groups is 1. The van der Waals surface area contributed by atoms with E-state index in [0.717, 1.165) is 15.6 Å². The van der Waals surface area contributed by atoms with Gasteiger partial charge in [-0.2, -0.15) is 0 Å². The topological polar surface area (TPSA) is 54.6 Å². The molecule has 146 valence electrons. The zero-order chi connectivity index (χ0) is 20.5. The van der Waals surface area contributed by atoms with Crippen LogP contribution in [0.1, 0.15) is 11.3 Å². The van der Waals surface area contributed by atoms with Gasteiger partial charge in [0.05, 0.1) is 15.6 Å². The number of hydrogen-bond donors (Lipinski definition) is 1. The van der Waals surface area contributed by atoms with Crippen molar-refractivity contribution < 1.29 is 9.21 Å². The van der Waals surface area contributed by atoms with Gasteiger partial charge in [0.15, 0.2) is 5.17 Å². The van der Waals surface area contributed by atoms with Crippen LogP contribution in [-0.2, 0) is 4.79 Å². The maximum absolute atomic E-state index is 12.3. The normalized spacial score (nSPS) is 16.6. The number of amides is 1. The Bertz CT molecular complexity index is 1190. The SMILES string of the molecule is Cc1c(Cl)cccc1N=C1NC(=O)/C(=C\c2ccc(-c3ccc(Br)c(Cl)c3)o2)S1. The molecule has 3 aromatic rings. The number of nitrogens with zero attached hydrogens (tertiary/aromatic N) is 1. The second-order valence-electron chi connectivity index (χ2n) is 6.20. The third kappa shape index (κ3) is 4.46. The van der Waals surface area contributed by atoms with Crippen LogP contribution in [0.15, 0.2) is 67.3 Å². The van der Waals surface area contributed by atoms with Crippen LogP contribution in [0.5, 0.6) is 0 Å². The van der Waals surface area contributed by atoms with Gasteiger partial charge in [-0.15, -0.1) is 0 Å². The van der Waals surface area contributed by atoms with Gasteiger partial charge in [-0.1, -0.05) is 35.3 Å². The van der Waals surface area contributed by atoms with Crippen LogP contribution >= 0.6 is 50.9 Å². The number of hydrogen-bond acceptors (Lipinski definition) is 4. The highest BCUT2D eigenvalue weighted by atomic mass is 79.9.